The molecule has 0 radical (unpaired) electrons. The molecule has 1 N–H and O–H groups in total. The summed E-state index contributed by atoms with van der Waals surface area (Å²) in [5, 5.41) is 6.65. The second-order valence-electron chi connectivity index (χ2n) is 5.30. The molecule has 2 rings (SSSR count). The fraction of sp³-hybridized carbons (Fsp3) is 0.263. The minimum atomic E-state index is -0.694. The van der Waals surface area contributed by atoms with Crippen LogP contribution in [0.25, 0.3) is 0 Å². The molecule has 1 unspecified atom stereocenters. The van der Waals surface area contributed by atoms with E-state index in [2.05, 4.69) is 10.5 Å². The number of carbonyl (C=O) groups excluding carboxylic acids is 1. The topological polar surface area (TPSA) is 69.2 Å². The van der Waals surface area contributed by atoms with Gasteiger partial charge in [-0.15, -0.1) is 0 Å². The van der Waals surface area contributed by atoms with Gasteiger partial charge in [-0.05, 0) is 30.2 Å². The van der Waals surface area contributed by atoms with Crippen molar-refractivity contribution < 1.29 is 19.1 Å². The number of oxime groups is 1. The third kappa shape index (κ3) is 5.53. The van der Waals surface area contributed by atoms with E-state index in [1.807, 2.05) is 42.5 Å². The first-order chi connectivity index (χ1) is 12.1. The molecule has 0 saturated carbocycles. The molecule has 0 heterocycles. The summed E-state index contributed by atoms with van der Waals surface area (Å²) < 4.78 is 10.4. The smallest absolute Gasteiger partial charge is 0.263 e. The van der Waals surface area contributed by atoms with E-state index in [1.54, 1.807) is 33.4 Å². The van der Waals surface area contributed by atoms with Crippen LogP contribution in [0.1, 0.15) is 18.1 Å². The summed E-state index contributed by atoms with van der Waals surface area (Å²) in [5.74, 6) is 1.01. The van der Waals surface area contributed by atoms with Crippen LogP contribution < -0.4 is 14.8 Å². The average molecular weight is 342 g/mol. The number of methoxy groups -OCH3 is 2. The molecule has 0 aliphatic heterocycles. The lowest BCUT2D eigenvalue weighted by Crippen LogP contribution is -2.33. The summed E-state index contributed by atoms with van der Waals surface area (Å²) in [6.07, 6.45) is 0.873. The minimum Gasteiger partial charge on any atom is -0.493 e. The van der Waals surface area contributed by atoms with Crippen molar-refractivity contribution in [3.05, 3.63) is 59.7 Å². The van der Waals surface area contributed by atoms with Crippen LogP contribution >= 0.6 is 0 Å². The van der Waals surface area contributed by atoms with Crippen LogP contribution in [0.4, 0.5) is 0 Å². The number of carbonyl (C=O) groups is 1. The summed E-state index contributed by atoms with van der Waals surface area (Å²) in [4.78, 5) is 17.3. The molecular formula is C19H22N2O4. The maximum absolute atomic E-state index is 12.1. The molecule has 6 nitrogen and oxygen atoms in total. The van der Waals surface area contributed by atoms with E-state index in [0.29, 0.717) is 18.0 Å². The predicted molar refractivity (Wildman–Crippen MR) is 96.0 cm³/mol. The molecule has 1 amide bonds. The third-order valence-electron chi connectivity index (χ3n) is 3.50. The molecule has 132 valence electrons. The molecule has 0 aliphatic rings. The average Bonchev–Trinajstić information content (AvgIpc) is 2.66. The maximum atomic E-state index is 12.1. The van der Waals surface area contributed by atoms with Crippen molar-refractivity contribution >= 4 is 12.1 Å². The number of rotatable bonds is 8. The van der Waals surface area contributed by atoms with Crippen molar-refractivity contribution in [1.82, 2.24) is 5.32 Å². The monoisotopic (exact) mass is 342 g/mol. The van der Waals surface area contributed by atoms with Crippen molar-refractivity contribution in [3.8, 4) is 11.5 Å². The van der Waals surface area contributed by atoms with E-state index in [0.717, 1.165) is 11.1 Å². The van der Waals surface area contributed by atoms with Crippen LogP contribution in [0.3, 0.4) is 0 Å². The van der Waals surface area contributed by atoms with Crippen molar-refractivity contribution in [2.45, 2.75) is 19.6 Å². The fourth-order valence-corrected chi connectivity index (χ4v) is 2.09. The van der Waals surface area contributed by atoms with Gasteiger partial charge in [0.1, 0.15) is 0 Å². The SMILES string of the molecule is COc1ccc(CNC(=O)C(C)O/N=C/c2ccccc2)cc1OC. The van der Waals surface area contributed by atoms with Gasteiger partial charge in [0.05, 0.1) is 20.4 Å². The van der Waals surface area contributed by atoms with E-state index in [-0.39, 0.29) is 5.91 Å². The van der Waals surface area contributed by atoms with E-state index in [9.17, 15) is 4.79 Å². The Bertz CT molecular complexity index is 717. The Morgan fingerprint density at radius 2 is 1.84 bits per heavy atom. The zero-order chi connectivity index (χ0) is 18.1. The molecule has 0 fully saturated rings. The summed E-state index contributed by atoms with van der Waals surface area (Å²) in [7, 11) is 3.15. The van der Waals surface area contributed by atoms with E-state index >= 15 is 0 Å². The fourth-order valence-electron chi connectivity index (χ4n) is 2.09. The van der Waals surface area contributed by atoms with Gasteiger partial charge in [0.2, 0.25) is 6.10 Å². The molecule has 0 bridgehead atoms. The lowest BCUT2D eigenvalue weighted by atomic mass is 10.2. The predicted octanol–water partition coefficient (Wildman–Crippen LogP) is 2.76. The molecule has 0 spiro atoms. The normalized spacial score (nSPS) is 11.8. The van der Waals surface area contributed by atoms with Gasteiger partial charge in [0.25, 0.3) is 5.91 Å². The van der Waals surface area contributed by atoms with Gasteiger partial charge >= 0.3 is 0 Å². The highest BCUT2D eigenvalue weighted by Gasteiger charge is 2.14. The Hall–Kier alpha value is -3.02. The highest BCUT2D eigenvalue weighted by Crippen LogP contribution is 2.27. The molecule has 6 heteroatoms. The lowest BCUT2D eigenvalue weighted by molar-refractivity contribution is -0.131. The first-order valence-corrected chi connectivity index (χ1v) is 7.87. The number of amides is 1. The van der Waals surface area contributed by atoms with Gasteiger partial charge in [-0.2, -0.15) is 0 Å². The highest BCUT2D eigenvalue weighted by atomic mass is 16.6. The van der Waals surface area contributed by atoms with Crippen LogP contribution in [0.15, 0.2) is 53.7 Å². The van der Waals surface area contributed by atoms with Crippen LogP contribution in [0.2, 0.25) is 0 Å². The Balaban J connectivity index is 1.84. The molecule has 1 atom stereocenters. The standard InChI is InChI=1S/C19H22N2O4/c1-14(25-21-13-15-7-5-4-6-8-15)19(22)20-12-16-9-10-17(23-2)18(11-16)24-3/h4-11,13-14H,12H2,1-3H3,(H,20,22)/b21-13+. The maximum Gasteiger partial charge on any atom is 0.263 e. The summed E-state index contributed by atoms with van der Waals surface area (Å²) >= 11 is 0. The third-order valence-corrected chi connectivity index (χ3v) is 3.50. The van der Waals surface area contributed by atoms with Crippen molar-refractivity contribution in [2.24, 2.45) is 5.16 Å². The molecule has 0 aliphatic carbocycles. The van der Waals surface area contributed by atoms with Gasteiger partial charge in [0.15, 0.2) is 11.5 Å². The first-order valence-electron chi connectivity index (χ1n) is 7.87. The molecule has 0 aromatic heterocycles. The number of nitrogens with zero attached hydrogens (tertiary/aromatic N) is 1. The van der Waals surface area contributed by atoms with Gasteiger partial charge in [0, 0.05) is 6.54 Å². The van der Waals surface area contributed by atoms with Crippen molar-refractivity contribution in [3.63, 3.8) is 0 Å². The van der Waals surface area contributed by atoms with Crippen LogP contribution in [0.5, 0.6) is 11.5 Å². The molecule has 2 aromatic carbocycles. The van der Waals surface area contributed by atoms with Crippen LogP contribution in [-0.4, -0.2) is 32.4 Å². The second kappa shape index (κ2) is 9.32. The van der Waals surface area contributed by atoms with Crippen molar-refractivity contribution in [2.75, 3.05) is 14.2 Å². The summed E-state index contributed by atoms with van der Waals surface area (Å²) in [6, 6.07) is 15.0. The second-order valence-corrected chi connectivity index (χ2v) is 5.30. The number of nitrogens with one attached hydrogen (secondary N) is 1. The first kappa shape index (κ1) is 18.3. The Morgan fingerprint density at radius 1 is 1.12 bits per heavy atom. The number of hydrogen-bond acceptors (Lipinski definition) is 5. The van der Waals surface area contributed by atoms with E-state index < -0.39 is 6.10 Å². The van der Waals surface area contributed by atoms with E-state index in [4.69, 9.17) is 14.3 Å². The zero-order valence-corrected chi connectivity index (χ0v) is 14.6. The molecular weight excluding hydrogens is 320 g/mol. The van der Waals surface area contributed by atoms with Gasteiger partial charge < -0.3 is 19.6 Å². The summed E-state index contributed by atoms with van der Waals surface area (Å²) in [6.45, 7) is 2.00. The van der Waals surface area contributed by atoms with Gasteiger partial charge in [-0.1, -0.05) is 41.6 Å². The molecule has 25 heavy (non-hydrogen) atoms. The lowest BCUT2D eigenvalue weighted by Gasteiger charge is -2.12. The number of hydrogen-bond donors (Lipinski definition) is 1. The van der Waals surface area contributed by atoms with Gasteiger partial charge in [-0.3, -0.25) is 4.79 Å². The molecule has 0 saturated heterocycles. The Labute approximate surface area is 147 Å². The Kier molecular flexibility index (Phi) is 6.83. The van der Waals surface area contributed by atoms with Crippen molar-refractivity contribution in [1.29, 1.82) is 0 Å². The molecule has 2 aromatic rings. The van der Waals surface area contributed by atoms with Crippen LogP contribution in [0, 0.1) is 0 Å². The Morgan fingerprint density at radius 3 is 2.52 bits per heavy atom. The summed E-state index contributed by atoms with van der Waals surface area (Å²) in [5.41, 5.74) is 1.80. The quantitative estimate of drug-likeness (QED) is 0.592. The zero-order valence-electron chi connectivity index (χ0n) is 14.6. The number of benzene rings is 2. The minimum absolute atomic E-state index is 0.250. The largest absolute Gasteiger partial charge is 0.493 e. The number of ether oxygens (including phenoxy) is 2. The highest BCUT2D eigenvalue weighted by molar-refractivity contribution is 5.81. The van der Waals surface area contributed by atoms with Gasteiger partial charge in [-0.25, -0.2) is 0 Å². The van der Waals surface area contributed by atoms with Crippen LogP contribution in [-0.2, 0) is 16.2 Å². The van der Waals surface area contributed by atoms with E-state index in [1.165, 1.54) is 0 Å².